The SMILES string of the molecule is CCCCC[C@@H](/C=C/[C@H]1[C@H](O[Si](C)(C)C(C)(C)C)CC(=O)[C@@H]1Cc1cccc(OCc2ccccc2)c1)O[Si](C)(C)C(C)(C)C. The van der Waals surface area contributed by atoms with Crippen LogP contribution in [0.3, 0.4) is 0 Å². The van der Waals surface area contributed by atoms with Gasteiger partial charge in [-0.25, -0.2) is 0 Å². The van der Waals surface area contributed by atoms with E-state index in [1.807, 2.05) is 30.3 Å². The minimum Gasteiger partial charge on any atom is -0.489 e. The van der Waals surface area contributed by atoms with E-state index >= 15 is 0 Å². The quantitative estimate of drug-likeness (QED) is 0.109. The van der Waals surface area contributed by atoms with Gasteiger partial charge in [0, 0.05) is 18.3 Å². The summed E-state index contributed by atoms with van der Waals surface area (Å²) in [6.45, 7) is 25.8. The van der Waals surface area contributed by atoms with Crippen LogP contribution < -0.4 is 4.74 Å². The highest BCUT2D eigenvalue weighted by molar-refractivity contribution is 6.74. The van der Waals surface area contributed by atoms with Gasteiger partial charge in [-0.15, -0.1) is 0 Å². The van der Waals surface area contributed by atoms with Crippen LogP contribution in [0.15, 0.2) is 66.7 Å². The zero-order chi connectivity index (χ0) is 33.5. The predicted molar refractivity (Wildman–Crippen MR) is 195 cm³/mol. The number of hydrogen-bond donors (Lipinski definition) is 0. The second-order valence-corrected chi connectivity index (χ2v) is 25.7. The molecule has 0 aliphatic heterocycles. The second kappa shape index (κ2) is 15.7. The summed E-state index contributed by atoms with van der Waals surface area (Å²) >= 11 is 0. The van der Waals surface area contributed by atoms with Gasteiger partial charge in [0.05, 0.1) is 12.2 Å². The van der Waals surface area contributed by atoms with Gasteiger partial charge in [-0.1, -0.05) is 122 Å². The Balaban J connectivity index is 1.89. The lowest BCUT2D eigenvalue weighted by atomic mass is 9.87. The lowest BCUT2D eigenvalue weighted by Crippen LogP contribution is -2.45. The van der Waals surface area contributed by atoms with Gasteiger partial charge < -0.3 is 13.6 Å². The van der Waals surface area contributed by atoms with Crippen molar-refractivity contribution in [2.24, 2.45) is 11.8 Å². The number of benzene rings is 2. The molecule has 0 heterocycles. The predicted octanol–water partition coefficient (Wildman–Crippen LogP) is 10.9. The third-order valence-electron chi connectivity index (χ3n) is 10.5. The van der Waals surface area contributed by atoms with Crippen LogP contribution in [0.5, 0.6) is 5.75 Å². The van der Waals surface area contributed by atoms with Crippen molar-refractivity contribution >= 4 is 22.4 Å². The summed E-state index contributed by atoms with van der Waals surface area (Å²) in [4.78, 5) is 13.8. The molecule has 3 rings (SSSR count). The highest BCUT2D eigenvalue weighted by Crippen LogP contribution is 2.43. The molecular weight excluding hydrogens is 589 g/mol. The summed E-state index contributed by atoms with van der Waals surface area (Å²) in [6.07, 6.45) is 10.3. The van der Waals surface area contributed by atoms with E-state index < -0.39 is 16.6 Å². The zero-order valence-corrected chi connectivity index (χ0v) is 32.2. The Morgan fingerprint density at radius 2 is 1.51 bits per heavy atom. The first-order valence-corrected chi connectivity index (χ1v) is 23.1. The second-order valence-electron chi connectivity index (χ2n) is 16.2. The Labute approximate surface area is 277 Å². The molecule has 0 amide bonds. The first-order chi connectivity index (χ1) is 20.9. The Kier molecular flexibility index (Phi) is 13.1. The minimum absolute atomic E-state index is 0.0113. The molecule has 4 atom stereocenters. The molecule has 0 saturated heterocycles. The van der Waals surface area contributed by atoms with E-state index in [2.05, 4.69) is 111 Å². The average Bonchev–Trinajstić information content (AvgIpc) is 3.22. The molecule has 0 aromatic heterocycles. The number of unbranched alkanes of at least 4 members (excludes halogenated alkanes) is 2. The summed E-state index contributed by atoms with van der Waals surface area (Å²) in [6, 6.07) is 18.5. The van der Waals surface area contributed by atoms with E-state index in [1.54, 1.807) is 0 Å². The standard InChI is InChI=1S/C39H62O4Si2/c1-12-13-15-22-32(42-44(8,9)38(2,3)4)24-25-34-35(36(40)28-37(34)43-45(10,11)39(5,6)7)27-31-21-18-23-33(26-31)41-29-30-19-16-14-17-20-30/h14,16-21,23-26,32,34-35,37H,12-13,15,22,27-29H2,1-11H3/b25-24+/t32-,34+,35+,37+/m0/s1. The number of carbonyl (C=O) groups excluding carboxylic acids is 1. The van der Waals surface area contributed by atoms with Gasteiger partial charge in [-0.3, -0.25) is 4.79 Å². The number of ether oxygens (including phenoxy) is 1. The number of carbonyl (C=O) groups is 1. The van der Waals surface area contributed by atoms with Crippen molar-refractivity contribution < 1.29 is 18.4 Å². The van der Waals surface area contributed by atoms with Crippen LogP contribution in [0, 0.1) is 11.8 Å². The molecule has 6 heteroatoms. The normalized spacial score (nSPS) is 20.6. The number of Topliss-reactive ketones (excluding diaryl/α,β-unsaturated/α-hetero) is 1. The molecule has 0 radical (unpaired) electrons. The first kappa shape index (κ1) is 37.5. The molecule has 1 aliphatic carbocycles. The van der Waals surface area contributed by atoms with Gasteiger partial charge in [0.1, 0.15) is 18.1 Å². The monoisotopic (exact) mass is 650 g/mol. The summed E-state index contributed by atoms with van der Waals surface area (Å²) < 4.78 is 20.1. The largest absolute Gasteiger partial charge is 0.489 e. The fourth-order valence-electron chi connectivity index (χ4n) is 5.50. The van der Waals surface area contributed by atoms with Crippen LogP contribution in [0.25, 0.3) is 0 Å². The van der Waals surface area contributed by atoms with Gasteiger partial charge in [0.2, 0.25) is 0 Å². The van der Waals surface area contributed by atoms with Gasteiger partial charge >= 0.3 is 0 Å². The fraction of sp³-hybridized carbons (Fsp3) is 0.615. The lowest BCUT2D eigenvalue weighted by Gasteiger charge is -2.40. The van der Waals surface area contributed by atoms with Crippen LogP contribution in [-0.2, 0) is 26.7 Å². The maximum atomic E-state index is 13.8. The van der Waals surface area contributed by atoms with Crippen molar-refractivity contribution in [3.63, 3.8) is 0 Å². The Morgan fingerprint density at radius 3 is 2.13 bits per heavy atom. The summed E-state index contributed by atoms with van der Waals surface area (Å²) in [5.41, 5.74) is 2.26. The molecule has 2 aromatic rings. The summed E-state index contributed by atoms with van der Waals surface area (Å²) in [5.74, 6) is 1.01. The van der Waals surface area contributed by atoms with E-state index in [0.29, 0.717) is 25.2 Å². The van der Waals surface area contributed by atoms with Crippen LogP contribution in [-0.4, -0.2) is 34.6 Å². The molecule has 0 unspecified atom stereocenters. The Hall–Kier alpha value is -2.00. The van der Waals surface area contributed by atoms with Crippen LogP contribution in [0.1, 0.15) is 91.7 Å². The van der Waals surface area contributed by atoms with Crippen LogP contribution in [0.2, 0.25) is 36.3 Å². The van der Waals surface area contributed by atoms with Crippen molar-refractivity contribution in [3.8, 4) is 5.75 Å². The fourth-order valence-corrected chi connectivity index (χ4v) is 8.16. The highest BCUT2D eigenvalue weighted by Gasteiger charge is 2.47. The van der Waals surface area contributed by atoms with E-state index in [9.17, 15) is 4.79 Å². The van der Waals surface area contributed by atoms with Crippen LogP contribution >= 0.6 is 0 Å². The molecule has 2 aromatic carbocycles. The average molecular weight is 651 g/mol. The molecule has 1 aliphatic rings. The first-order valence-electron chi connectivity index (χ1n) is 17.3. The van der Waals surface area contributed by atoms with E-state index in [4.69, 9.17) is 13.6 Å². The number of ketones is 1. The minimum atomic E-state index is -2.09. The van der Waals surface area contributed by atoms with E-state index in [0.717, 1.165) is 29.7 Å². The molecule has 0 N–H and O–H groups in total. The van der Waals surface area contributed by atoms with E-state index in [-0.39, 0.29) is 34.1 Å². The molecule has 250 valence electrons. The molecule has 0 bridgehead atoms. The van der Waals surface area contributed by atoms with Gasteiger partial charge in [-0.05, 0) is 72.4 Å². The van der Waals surface area contributed by atoms with Gasteiger partial charge in [-0.2, -0.15) is 0 Å². The molecular formula is C39H62O4Si2. The Morgan fingerprint density at radius 1 is 0.867 bits per heavy atom. The molecule has 1 fully saturated rings. The smallest absolute Gasteiger partial charge is 0.192 e. The van der Waals surface area contributed by atoms with Gasteiger partial charge in [0.15, 0.2) is 16.6 Å². The molecule has 0 spiro atoms. The zero-order valence-electron chi connectivity index (χ0n) is 30.2. The molecule has 45 heavy (non-hydrogen) atoms. The van der Waals surface area contributed by atoms with Crippen molar-refractivity contribution in [2.75, 3.05) is 0 Å². The summed E-state index contributed by atoms with van der Waals surface area (Å²) in [7, 11) is -4.06. The van der Waals surface area contributed by atoms with Crippen molar-refractivity contribution in [1.82, 2.24) is 0 Å². The van der Waals surface area contributed by atoms with Crippen molar-refractivity contribution in [1.29, 1.82) is 0 Å². The summed E-state index contributed by atoms with van der Waals surface area (Å²) in [5, 5.41) is 0.207. The number of hydrogen-bond acceptors (Lipinski definition) is 4. The van der Waals surface area contributed by atoms with E-state index in [1.165, 1.54) is 12.8 Å². The maximum Gasteiger partial charge on any atom is 0.192 e. The number of rotatable bonds is 15. The molecule has 4 nitrogen and oxygen atoms in total. The Bertz CT molecular complexity index is 1240. The topological polar surface area (TPSA) is 44.8 Å². The van der Waals surface area contributed by atoms with Crippen LogP contribution in [0.4, 0.5) is 0 Å². The highest BCUT2D eigenvalue weighted by atomic mass is 28.4. The van der Waals surface area contributed by atoms with Gasteiger partial charge in [0.25, 0.3) is 0 Å². The van der Waals surface area contributed by atoms with Crippen molar-refractivity contribution in [2.45, 2.75) is 142 Å². The third-order valence-corrected chi connectivity index (χ3v) is 19.5. The molecule has 1 saturated carbocycles. The lowest BCUT2D eigenvalue weighted by molar-refractivity contribution is -0.121. The van der Waals surface area contributed by atoms with Crippen molar-refractivity contribution in [3.05, 3.63) is 77.9 Å². The third kappa shape index (κ3) is 10.8. The maximum absolute atomic E-state index is 13.8.